The molecular formula is C29H30F3N5O4. The highest BCUT2D eigenvalue weighted by atomic mass is 19.2. The highest BCUT2D eigenvalue weighted by Gasteiger charge is 2.23. The molecule has 0 radical (unpaired) electrons. The largest absolute Gasteiger partial charge is 0.394 e. The minimum Gasteiger partial charge on any atom is -0.394 e. The van der Waals surface area contributed by atoms with Gasteiger partial charge in [0.05, 0.1) is 36.2 Å². The van der Waals surface area contributed by atoms with Gasteiger partial charge in [0.1, 0.15) is 5.82 Å². The Balaban J connectivity index is 1.71. The second-order valence-electron chi connectivity index (χ2n) is 10.5. The van der Waals surface area contributed by atoms with Gasteiger partial charge in [0, 0.05) is 18.0 Å². The Kier molecular flexibility index (Phi) is 8.64. The van der Waals surface area contributed by atoms with Crippen molar-refractivity contribution in [3.05, 3.63) is 83.3 Å². The summed E-state index contributed by atoms with van der Waals surface area (Å²) in [4.78, 5) is 25.5. The topological polar surface area (TPSA) is 129 Å². The normalized spacial score (nSPS) is 12.3. The number of aliphatic hydroxyl groups excluding tert-OH is 2. The summed E-state index contributed by atoms with van der Waals surface area (Å²) in [7, 11) is 0. The van der Waals surface area contributed by atoms with Crippen LogP contribution in [0.25, 0.3) is 16.5 Å². The monoisotopic (exact) mass is 569 g/mol. The molecule has 1 heterocycles. The Morgan fingerprint density at radius 2 is 1.73 bits per heavy atom. The van der Waals surface area contributed by atoms with Gasteiger partial charge < -0.3 is 20.8 Å². The third-order valence-electron chi connectivity index (χ3n) is 6.28. The lowest BCUT2D eigenvalue weighted by molar-refractivity contribution is -0.121. The second-order valence-corrected chi connectivity index (χ2v) is 10.5. The maximum absolute atomic E-state index is 14.1. The summed E-state index contributed by atoms with van der Waals surface area (Å²) in [6.07, 6.45) is -1.12. The van der Waals surface area contributed by atoms with Crippen LogP contribution in [0.3, 0.4) is 0 Å². The molecule has 4 rings (SSSR count). The molecule has 0 aliphatic rings. The van der Waals surface area contributed by atoms with Crippen LogP contribution < -0.4 is 16.0 Å². The Labute approximate surface area is 234 Å². The van der Waals surface area contributed by atoms with E-state index in [2.05, 4.69) is 21.0 Å². The number of fused-ring (bicyclic) bond motifs is 1. The number of urea groups is 1. The molecule has 0 spiro atoms. The number of aromatic nitrogens is 2. The molecule has 216 valence electrons. The van der Waals surface area contributed by atoms with Crippen molar-refractivity contribution in [1.29, 1.82) is 0 Å². The van der Waals surface area contributed by atoms with Crippen LogP contribution in [-0.4, -0.2) is 51.2 Å². The minimum absolute atomic E-state index is 0.0431. The van der Waals surface area contributed by atoms with E-state index in [-0.39, 0.29) is 24.7 Å². The van der Waals surface area contributed by atoms with E-state index in [4.69, 9.17) is 5.11 Å². The number of hydrogen-bond acceptors (Lipinski definition) is 5. The number of benzene rings is 3. The molecule has 5 N–H and O–H groups in total. The molecule has 0 saturated heterocycles. The first-order valence-electron chi connectivity index (χ1n) is 12.8. The molecule has 41 heavy (non-hydrogen) atoms. The summed E-state index contributed by atoms with van der Waals surface area (Å²) in [6, 6.07) is 13.3. The third kappa shape index (κ3) is 6.84. The number of nitrogens with one attached hydrogen (secondary N) is 3. The number of carbonyl (C=O) groups excluding carboxylic acids is 2. The summed E-state index contributed by atoms with van der Waals surface area (Å²) >= 11 is 0. The van der Waals surface area contributed by atoms with Gasteiger partial charge in [0.15, 0.2) is 17.5 Å². The number of halogens is 3. The van der Waals surface area contributed by atoms with Gasteiger partial charge in [-0.05, 0) is 40.6 Å². The number of nitrogens with zero attached hydrogens (tertiary/aromatic N) is 2. The quantitative estimate of drug-likeness (QED) is 0.201. The summed E-state index contributed by atoms with van der Waals surface area (Å²) in [6.45, 7) is 5.19. The van der Waals surface area contributed by atoms with Crippen LogP contribution in [-0.2, 0) is 16.6 Å². The molecule has 0 aliphatic carbocycles. The number of hydrogen-bond donors (Lipinski definition) is 5. The third-order valence-corrected chi connectivity index (χ3v) is 6.28. The number of amides is 3. The predicted molar refractivity (Wildman–Crippen MR) is 149 cm³/mol. The maximum atomic E-state index is 14.1. The average molecular weight is 570 g/mol. The first-order chi connectivity index (χ1) is 19.4. The van der Waals surface area contributed by atoms with Crippen LogP contribution in [0.15, 0.2) is 54.6 Å². The lowest BCUT2D eigenvalue weighted by Crippen LogP contribution is -2.34. The highest BCUT2D eigenvalue weighted by molar-refractivity contribution is 5.99. The summed E-state index contributed by atoms with van der Waals surface area (Å²) in [5.41, 5.74) is 0.774. The van der Waals surface area contributed by atoms with E-state index in [0.29, 0.717) is 23.0 Å². The van der Waals surface area contributed by atoms with Crippen molar-refractivity contribution in [2.45, 2.75) is 38.7 Å². The molecule has 1 aromatic heterocycles. The molecule has 0 fully saturated rings. The van der Waals surface area contributed by atoms with Gasteiger partial charge in [-0.2, -0.15) is 5.10 Å². The molecule has 12 heteroatoms. The Morgan fingerprint density at radius 3 is 2.44 bits per heavy atom. The van der Waals surface area contributed by atoms with E-state index in [1.165, 1.54) is 4.68 Å². The van der Waals surface area contributed by atoms with Crippen LogP contribution in [0.2, 0.25) is 0 Å². The van der Waals surface area contributed by atoms with Gasteiger partial charge in [0.2, 0.25) is 5.91 Å². The van der Waals surface area contributed by atoms with Crippen LogP contribution in [0.5, 0.6) is 0 Å². The molecule has 3 aromatic carbocycles. The van der Waals surface area contributed by atoms with Crippen molar-refractivity contribution >= 4 is 34.2 Å². The standard InChI is InChI=1S/C29H30F3N5O4/c1-29(2,3)23-13-24(35-28(41)34-22-9-8-21(30)26(31)27(22)32)37(36-23)18-10-16-6-4-5-7-20(16)17(11-18)12-25(40)33-14-19(39)15-38/h4-11,13,19,38-39H,12,14-15H2,1-3H3,(H,33,40)(H2,34,35,41). The molecule has 9 nitrogen and oxygen atoms in total. The fourth-order valence-electron chi connectivity index (χ4n) is 4.10. The van der Waals surface area contributed by atoms with Gasteiger partial charge in [-0.1, -0.05) is 45.0 Å². The average Bonchev–Trinajstić information content (AvgIpc) is 3.36. The first-order valence-corrected chi connectivity index (χ1v) is 12.8. The fourth-order valence-corrected chi connectivity index (χ4v) is 4.10. The fraction of sp³-hybridized carbons (Fsp3) is 0.276. The van der Waals surface area contributed by atoms with Crippen molar-refractivity contribution in [1.82, 2.24) is 15.1 Å². The lowest BCUT2D eigenvalue weighted by atomic mass is 9.92. The summed E-state index contributed by atoms with van der Waals surface area (Å²) in [5, 5.41) is 32.2. The van der Waals surface area contributed by atoms with Gasteiger partial charge in [-0.15, -0.1) is 0 Å². The molecule has 1 unspecified atom stereocenters. The summed E-state index contributed by atoms with van der Waals surface area (Å²) in [5.74, 6) is -4.80. The molecule has 4 aromatic rings. The van der Waals surface area contributed by atoms with Crippen LogP contribution >= 0.6 is 0 Å². The lowest BCUT2D eigenvalue weighted by Gasteiger charge is -2.15. The number of aliphatic hydroxyl groups is 2. The van der Waals surface area contributed by atoms with E-state index < -0.39 is 47.3 Å². The second kappa shape index (κ2) is 12.0. The first kappa shape index (κ1) is 29.6. The Hall–Kier alpha value is -4.42. The van der Waals surface area contributed by atoms with Gasteiger partial charge in [-0.3, -0.25) is 10.1 Å². The number of rotatable bonds is 8. The van der Waals surface area contributed by atoms with Gasteiger partial charge in [-0.25, -0.2) is 22.6 Å². The van der Waals surface area contributed by atoms with E-state index in [0.717, 1.165) is 16.8 Å². The van der Waals surface area contributed by atoms with Crippen molar-refractivity contribution in [3.8, 4) is 5.69 Å². The highest BCUT2D eigenvalue weighted by Crippen LogP contribution is 2.30. The molecular weight excluding hydrogens is 539 g/mol. The van der Waals surface area contributed by atoms with Crippen LogP contribution in [0.1, 0.15) is 32.0 Å². The number of carbonyl (C=O) groups is 2. The molecule has 1 atom stereocenters. The molecule has 0 saturated carbocycles. The van der Waals surface area contributed by atoms with Crippen molar-refractivity contribution in [2.75, 3.05) is 23.8 Å². The predicted octanol–water partition coefficient (Wildman–Crippen LogP) is 4.40. The Bertz CT molecular complexity index is 1600. The van der Waals surface area contributed by atoms with Crippen LogP contribution in [0, 0.1) is 17.5 Å². The van der Waals surface area contributed by atoms with Gasteiger partial charge in [0.25, 0.3) is 0 Å². The Morgan fingerprint density at radius 1 is 1.00 bits per heavy atom. The molecule has 3 amide bonds. The van der Waals surface area contributed by atoms with Crippen LogP contribution in [0.4, 0.5) is 29.5 Å². The van der Waals surface area contributed by atoms with Gasteiger partial charge >= 0.3 is 6.03 Å². The maximum Gasteiger partial charge on any atom is 0.324 e. The van der Waals surface area contributed by atoms with Crippen molar-refractivity contribution in [3.63, 3.8) is 0 Å². The summed E-state index contributed by atoms with van der Waals surface area (Å²) < 4.78 is 42.6. The van der Waals surface area contributed by atoms with E-state index in [1.54, 1.807) is 12.1 Å². The minimum atomic E-state index is -1.71. The zero-order valence-electron chi connectivity index (χ0n) is 22.6. The zero-order valence-corrected chi connectivity index (χ0v) is 22.6. The van der Waals surface area contributed by atoms with E-state index >= 15 is 0 Å². The SMILES string of the molecule is CC(C)(C)c1cc(NC(=O)Nc2ccc(F)c(F)c2F)n(-c2cc(CC(=O)NCC(O)CO)c3ccccc3c2)n1. The number of anilines is 2. The smallest absolute Gasteiger partial charge is 0.324 e. The van der Waals surface area contributed by atoms with E-state index in [1.807, 2.05) is 51.1 Å². The van der Waals surface area contributed by atoms with E-state index in [9.17, 15) is 27.9 Å². The molecule has 0 aliphatic heterocycles. The van der Waals surface area contributed by atoms with Crippen molar-refractivity contribution < 1.29 is 33.0 Å². The zero-order chi connectivity index (χ0) is 29.9. The molecule has 0 bridgehead atoms. The van der Waals surface area contributed by atoms with Crippen molar-refractivity contribution in [2.24, 2.45) is 0 Å².